The van der Waals surface area contributed by atoms with Crippen LogP contribution in [0.5, 0.6) is 0 Å². The Balaban J connectivity index is 0.00000841. The SMILES string of the molecule is CCNC(=NCCCCOCCc1ccccc1)NC(C)CCCN(CC)CC.I. The number of guanidine groups is 1. The molecule has 1 aromatic rings. The van der Waals surface area contributed by atoms with Gasteiger partial charge in [-0.15, -0.1) is 24.0 Å². The number of nitrogens with one attached hydrogen (secondary N) is 2. The van der Waals surface area contributed by atoms with Crippen LogP contribution in [-0.4, -0.2) is 62.8 Å². The van der Waals surface area contributed by atoms with E-state index in [1.165, 1.54) is 18.5 Å². The third-order valence-electron chi connectivity index (χ3n) is 5.08. The van der Waals surface area contributed by atoms with E-state index in [9.17, 15) is 0 Å². The molecule has 0 heterocycles. The first-order valence-electron chi connectivity index (χ1n) is 11.6. The molecule has 1 unspecified atom stereocenters. The number of hydrogen-bond donors (Lipinski definition) is 2. The van der Waals surface area contributed by atoms with Gasteiger partial charge in [-0.25, -0.2) is 0 Å². The number of benzene rings is 1. The standard InChI is InChI=1S/C24H44N4O.HI/c1-5-25-24(27-22(4)14-13-19-28(6-2)7-3)26-18-11-12-20-29-21-17-23-15-9-8-10-16-23;/h8-10,15-16,22H,5-7,11-14,17-21H2,1-4H3,(H2,25,26,27);1H. The van der Waals surface area contributed by atoms with Crippen LogP contribution in [0.2, 0.25) is 0 Å². The van der Waals surface area contributed by atoms with E-state index in [1.807, 2.05) is 0 Å². The second kappa shape index (κ2) is 20.1. The Morgan fingerprint density at radius 1 is 1.03 bits per heavy atom. The Labute approximate surface area is 202 Å². The van der Waals surface area contributed by atoms with Gasteiger partial charge in [0.1, 0.15) is 0 Å². The van der Waals surface area contributed by atoms with Crippen molar-refractivity contribution in [2.75, 3.05) is 45.9 Å². The van der Waals surface area contributed by atoms with Crippen LogP contribution in [0.15, 0.2) is 35.3 Å². The lowest BCUT2D eigenvalue weighted by Gasteiger charge is -2.21. The van der Waals surface area contributed by atoms with Gasteiger partial charge < -0.3 is 20.3 Å². The lowest BCUT2D eigenvalue weighted by Crippen LogP contribution is -2.42. The molecular formula is C24H45IN4O. The summed E-state index contributed by atoms with van der Waals surface area (Å²) in [6, 6.07) is 10.9. The van der Waals surface area contributed by atoms with E-state index in [-0.39, 0.29) is 24.0 Å². The predicted molar refractivity (Wildman–Crippen MR) is 141 cm³/mol. The van der Waals surface area contributed by atoms with E-state index < -0.39 is 0 Å². The summed E-state index contributed by atoms with van der Waals surface area (Å²) in [5.41, 5.74) is 1.34. The smallest absolute Gasteiger partial charge is 0.191 e. The van der Waals surface area contributed by atoms with Crippen molar-refractivity contribution < 1.29 is 4.74 Å². The molecule has 0 radical (unpaired) electrons. The Kier molecular flexibility index (Phi) is 19.5. The quantitative estimate of drug-likeness (QED) is 0.140. The molecule has 2 N–H and O–H groups in total. The molecular weight excluding hydrogens is 487 g/mol. The van der Waals surface area contributed by atoms with Crippen LogP contribution < -0.4 is 10.6 Å². The molecule has 0 fully saturated rings. The van der Waals surface area contributed by atoms with Gasteiger partial charge >= 0.3 is 0 Å². The summed E-state index contributed by atoms with van der Waals surface area (Å²) in [5, 5.41) is 6.91. The number of ether oxygens (including phenoxy) is 1. The third-order valence-corrected chi connectivity index (χ3v) is 5.08. The molecule has 0 spiro atoms. The number of aliphatic imine (C=N–C) groups is 1. The predicted octanol–water partition coefficient (Wildman–Crippen LogP) is 4.71. The van der Waals surface area contributed by atoms with E-state index in [0.29, 0.717) is 6.04 Å². The van der Waals surface area contributed by atoms with Gasteiger partial charge in [0.2, 0.25) is 0 Å². The normalized spacial score (nSPS) is 12.5. The number of unbranched alkanes of at least 4 members (excludes halogenated alkanes) is 1. The molecule has 6 heteroatoms. The molecule has 5 nitrogen and oxygen atoms in total. The monoisotopic (exact) mass is 532 g/mol. The molecule has 0 saturated heterocycles. The molecule has 0 aromatic heterocycles. The molecule has 1 atom stereocenters. The van der Waals surface area contributed by atoms with Crippen molar-refractivity contribution in [1.82, 2.24) is 15.5 Å². The highest BCUT2D eigenvalue weighted by Crippen LogP contribution is 2.01. The van der Waals surface area contributed by atoms with Crippen molar-refractivity contribution in [1.29, 1.82) is 0 Å². The van der Waals surface area contributed by atoms with Crippen molar-refractivity contribution in [2.45, 2.75) is 65.8 Å². The van der Waals surface area contributed by atoms with Gasteiger partial charge in [0, 0.05) is 25.7 Å². The first-order valence-corrected chi connectivity index (χ1v) is 11.6. The fourth-order valence-electron chi connectivity index (χ4n) is 3.23. The Bertz CT molecular complexity index is 523. The van der Waals surface area contributed by atoms with Crippen LogP contribution in [0.25, 0.3) is 0 Å². The topological polar surface area (TPSA) is 48.9 Å². The van der Waals surface area contributed by atoms with Crippen LogP contribution in [0, 0.1) is 0 Å². The molecule has 174 valence electrons. The van der Waals surface area contributed by atoms with E-state index in [4.69, 9.17) is 9.73 Å². The minimum absolute atomic E-state index is 0. The molecule has 30 heavy (non-hydrogen) atoms. The van der Waals surface area contributed by atoms with Crippen LogP contribution in [0.3, 0.4) is 0 Å². The number of hydrogen-bond acceptors (Lipinski definition) is 3. The molecule has 0 aliphatic carbocycles. The van der Waals surface area contributed by atoms with Crippen LogP contribution in [0.1, 0.15) is 58.9 Å². The number of halogens is 1. The van der Waals surface area contributed by atoms with E-state index >= 15 is 0 Å². The molecule has 1 aromatic carbocycles. The summed E-state index contributed by atoms with van der Waals surface area (Å²) in [6.07, 6.45) is 5.47. The maximum atomic E-state index is 5.76. The maximum Gasteiger partial charge on any atom is 0.191 e. The van der Waals surface area contributed by atoms with Gasteiger partial charge in [0.15, 0.2) is 5.96 Å². The summed E-state index contributed by atoms with van der Waals surface area (Å²) in [4.78, 5) is 7.20. The van der Waals surface area contributed by atoms with Gasteiger partial charge in [-0.3, -0.25) is 4.99 Å². The highest BCUT2D eigenvalue weighted by molar-refractivity contribution is 14.0. The molecule has 0 aliphatic rings. The molecule has 0 bridgehead atoms. The fraction of sp³-hybridized carbons (Fsp3) is 0.708. The highest BCUT2D eigenvalue weighted by Gasteiger charge is 2.06. The van der Waals surface area contributed by atoms with Gasteiger partial charge in [-0.2, -0.15) is 0 Å². The number of rotatable bonds is 16. The third kappa shape index (κ3) is 15.0. The zero-order chi connectivity index (χ0) is 21.2. The average molecular weight is 533 g/mol. The summed E-state index contributed by atoms with van der Waals surface area (Å²) in [7, 11) is 0. The Morgan fingerprint density at radius 3 is 2.43 bits per heavy atom. The average Bonchev–Trinajstić information content (AvgIpc) is 2.74. The van der Waals surface area contributed by atoms with Crippen molar-refractivity contribution in [3.05, 3.63) is 35.9 Å². The van der Waals surface area contributed by atoms with E-state index in [2.05, 4.69) is 73.6 Å². The summed E-state index contributed by atoms with van der Waals surface area (Å²) >= 11 is 0. The first-order chi connectivity index (χ1) is 14.2. The maximum absolute atomic E-state index is 5.76. The van der Waals surface area contributed by atoms with Crippen LogP contribution in [0.4, 0.5) is 0 Å². The Hall–Kier alpha value is -0.860. The molecule has 0 amide bonds. The molecule has 0 saturated carbocycles. The summed E-state index contributed by atoms with van der Waals surface area (Å²) in [5.74, 6) is 0.938. The van der Waals surface area contributed by atoms with Gasteiger partial charge in [-0.1, -0.05) is 44.2 Å². The lowest BCUT2D eigenvalue weighted by molar-refractivity contribution is 0.134. The molecule has 0 aliphatic heterocycles. The van der Waals surface area contributed by atoms with E-state index in [1.54, 1.807) is 0 Å². The lowest BCUT2D eigenvalue weighted by atomic mass is 10.2. The summed E-state index contributed by atoms with van der Waals surface area (Å²) < 4.78 is 5.76. The molecule has 1 rings (SSSR count). The van der Waals surface area contributed by atoms with E-state index in [0.717, 1.165) is 71.0 Å². The largest absolute Gasteiger partial charge is 0.381 e. The van der Waals surface area contributed by atoms with Crippen molar-refractivity contribution in [3.8, 4) is 0 Å². The summed E-state index contributed by atoms with van der Waals surface area (Å²) in [6.45, 7) is 15.6. The van der Waals surface area contributed by atoms with Crippen molar-refractivity contribution in [2.24, 2.45) is 4.99 Å². The van der Waals surface area contributed by atoms with Gasteiger partial charge in [0.05, 0.1) is 6.61 Å². The van der Waals surface area contributed by atoms with Crippen molar-refractivity contribution in [3.63, 3.8) is 0 Å². The minimum atomic E-state index is 0. The van der Waals surface area contributed by atoms with Gasteiger partial charge in [0.25, 0.3) is 0 Å². The number of nitrogens with zero attached hydrogens (tertiary/aromatic N) is 2. The van der Waals surface area contributed by atoms with Crippen LogP contribution >= 0.6 is 24.0 Å². The first kappa shape index (κ1) is 29.1. The second-order valence-corrected chi connectivity index (χ2v) is 7.53. The Morgan fingerprint density at radius 2 is 1.77 bits per heavy atom. The zero-order valence-corrected chi connectivity index (χ0v) is 22.0. The van der Waals surface area contributed by atoms with Crippen molar-refractivity contribution >= 4 is 29.9 Å². The van der Waals surface area contributed by atoms with Gasteiger partial charge in [-0.05, 0) is 71.1 Å². The minimum Gasteiger partial charge on any atom is -0.381 e. The van der Waals surface area contributed by atoms with Crippen LogP contribution in [-0.2, 0) is 11.2 Å². The second-order valence-electron chi connectivity index (χ2n) is 7.53. The highest BCUT2D eigenvalue weighted by atomic mass is 127. The zero-order valence-electron chi connectivity index (χ0n) is 19.7. The fourth-order valence-corrected chi connectivity index (χ4v) is 3.23.